The Bertz CT molecular complexity index is 803. The normalized spacial score (nSPS) is 10.6. The molecule has 0 unspecified atom stereocenters. The van der Waals surface area contributed by atoms with Crippen molar-refractivity contribution >= 4 is 16.6 Å². The molecule has 21 heavy (non-hydrogen) atoms. The van der Waals surface area contributed by atoms with E-state index in [1.807, 2.05) is 36.4 Å². The van der Waals surface area contributed by atoms with Gasteiger partial charge in [-0.3, -0.25) is 0 Å². The molecule has 0 saturated heterocycles. The van der Waals surface area contributed by atoms with E-state index in [-0.39, 0.29) is 0 Å². The topological polar surface area (TPSA) is 70.3 Å². The first kappa shape index (κ1) is 13.2. The van der Waals surface area contributed by atoms with Crippen LogP contribution in [0.15, 0.2) is 42.6 Å². The smallest absolute Gasteiger partial charge is 0.162 e. The third-order valence-corrected chi connectivity index (χ3v) is 3.23. The molecule has 2 N–H and O–H groups in total. The van der Waals surface area contributed by atoms with Crippen LogP contribution in [0.2, 0.25) is 0 Å². The molecule has 0 aliphatic heterocycles. The zero-order chi connectivity index (χ0) is 14.8. The monoisotopic (exact) mass is 281 g/mol. The lowest BCUT2D eigenvalue weighted by Gasteiger charge is -2.09. The number of nitrogens with zero attached hydrogens (tertiary/aromatic N) is 2. The van der Waals surface area contributed by atoms with E-state index in [1.165, 1.54) is 0 Å². The van der Waals surface area contributed by atoms with Gasteiger partial charge in [-0.1, -0.05) is 12.1 Å². The molecule has 3 aromatic rings. The Morgan fingerprint density at radius 1 is 1.00 bits per heavy atom. The SMILES string of the molecule is COc1cc2cnc(-c3cccc(N)c3)nc2cc1OC. The molecule has 0 bridgehead atoms. The van der Waals surface area contributed by atoms with E-state index >= 15 is 0 Å². The molecule has 0 radical (unpaired) electrons. The van der Waals surface area contributed by atoms with Crippen LogP contribution in [0.25, 0.3) is 22.3 Å². The zero-order valence-corrected chi connectivity index (χ0v) is 11.8. The minimum atomic E-state index is 0.627. The van der Waals surface area contributed by atoms with Crippen LogP contribution in [0, 0.1) is 0 Å². The second kappa shape index (κ2) is 5.28. The first-order chi connectivity index (χ1) is 10.2. The molecule has 1 heterocycles. The van der Waals surface area contributed by atoms with Gasteiger partial charge in [0, 0.05) is 28.9 Å². The molecule has 0 spiro atoms. The molecule has 0 amide bonds. The molecular weight excluding hydrogens is 266 g/mol. The third-order valence-electron chi connectivity index (χ3n) is 3.23. The van der Waals surface area contributed by atoms with Gasteiger partial charge < -0.3 is 15.2 Å². The standard InChI is InChI=1S/C16H15N3O2/c1-20-14-7-11-9-18-16(10-4-3-5-12(17)6-10)19-13(11)8-15(14)21-2/h3-9H,17H2,1-2H3. The number of fused-ring (bicyclic) bond motifs is 1. The fraction of sp³-hybridized carbons (Fsp3) is 0.125. The summed E-state index contributed by atoms with van der Waals surface area (Å²) in [5.41, 5.74) is 8.16. The lowest BCUT2D eigenvalue weighted by Crippen LogP contribution is -1.94. The molecule has 1 aromatic heterocycles. The molecule has 5 nitrogen and oxygen atoms in total. The number of rotatable bonds is 3. The summed E-state index contributed by atoms with van der Waals surface area (Å²) in [5.74, 6) is 1.93. The molecule has 0 aliphatic carbocycles. The number of anilines is 1. The minimum Gasteiger partial charge on any atom is -0.493 e. The molecule has 0 fully saturated rings. The highest BCUT2D eigenvalue weighted by atomic mass is 16.5. The van der Waals surface area contributed by atoms with E-state index < -0.39 is 0 Å². The van der Waals surface area contributed by atoms with Crippen molar-refractivity contribution in [1.82, 2.24) is 9.97 Å². The molecule has 0 saturated carbocycles. The van der Waals surface area contributed by atoms with Crippen molar-refractivity contribution < 1.29 is 9.47 Å². The summed E-state index contributed by atoms with van der Waals surface area (Å²) in [7, 11) is 3.20. The molecule has 3 rings (SSSR count). The highest BCUT2D eigenvalue weighted by molar-refractivity contribution is 5.83. The van der Waals surface area contributed by atoms with Crippen molar-refractivity contribution in [3.8, 4) is 22.9 Å². The van der Waals surface area contributed by atoms with Crippen LogP contribution in [0.3, 0.4) is 0 Å². The first-order valence-corrected chi connectivity index (χ1v) is 6.46. The number of nitrogen functional groups attached to an aromatic ring is 1. The van der Waals surface area contributed by atoms with Gasteiger partial charge in [-0.05, 0) is 18.2 Å². The molecule has 106 valence electrons. The largest absolute Gasteiger partial charge is 0.493 e. The Morgan fingerprint density at radius 3 is 2.48 bits per heavy atom. The molecule has 2 aromatic carbocycles. The van der Waals surface area contributed by atoms with E-state index in [0.29, 0.717) is 23.0 Å². The average molecular weight is 281 g/mol. The summed E-state index contributed by atoms with van der Waals surface area (Å²) in [6.07, 6.45) is 1.77. The van der Waals surface area contributed by atoms with Crippen LogP contribution in [0.4, 0.5) is 5.69 Å². The number of nitrogens with two attached hydrogens (primary N) is 1. The summed E-state index contributed by atoms with van der Waals surface area (Å²) < 4.78 is 10.6. The maximum atomic E-state index is 5.80. The van der Waals surface area contributed by atoms with Crippen LogP contribution < -0.4 is 15.2 Å². The number of aromatic nitrogens is 2. The Kier molecular flexibility index (Phi) is 3.31. The number of hydrogen-bond donors (Lipinski definition) is 1. The van der Waals surface area contributed by atoms with Crippen LogP contribution in [0.5, 0.6) is 11.5 Å². The van der Waals surface area contributed by atoms with Gasteiger partial charge >= 0.3 is 0 Å². The Morgan fingerprint density at radius 2 is 1.76 bits per heavy atom. The summed E-state index contributed by atoms with van der Waals surface area (Å²) in [5, 5.41) is 0.889. The van der Waals surface area contributed by atoms with Crippen LogP contribution in [-0.2, 0) is 0 Å². The Balaban J connectivity index is 2.15. The summed E-state index contributed by atoms with van der Waals surface area (Å²) in [4.78, 5) is 8.95. The van der Waals surface area contributed by atoms with Crippen LogP contribution in [-0.4, -0.2) is 24.2 Å². The van der Waals surface area contributed by atoms with Gasteiger partial charge in [0.05, 0.1) is 19.7 Å². The van der Waals surface area contributed by atoms with Crippen LogP contribution >= 0.6 is 0 Å². The van der Waals surface area contributed by atoms with Crippen molar-refractivity contribution in [2.75, 3.05) is 20.0 Å². The number of hydrogen-bond acceptors (Lipinski definition) is 5. The predicted octanol–water partition coefficient (Wildman–Crippen LogP) is 2.90. The van der Waals surface area contributed by atoms with Gasteiger partial charge in [0.2, 0.25) is 0 Å². The predicted molar refractivity (Wildman–Crippen MR) is 82.5 cm³/mol. The van der Waals surface area contributed by atoms with Crippen LogP contribution in [0.1, 0.15) is 0 Å². The minimum absolute atomic E-state index is 0.627. The molecular formula is C16H15N3O2. The number of ether oxygens (including phenoxy) is 2. The highest BCUT2D eigenvalue weighted by Crippen LogP contribution is 2.31. The molecule has 0 atom stereocenters. The van der Waals surface area contributed by atoms with Gasteiger partial charge in [-0.15, -0.1) is 0 Å². The van der Waals surface area contributed by atoms with E-state index in [4.69, 9.17) is 15.2 Å². The fourth-order valence-corrected chi connectivity index (χ4v) is 2.17. The second-order valence-corrected chi connectivity index (χ2v) is 4.59. The number of benzene rings is 2. The lowest BCUT2D eigenvalue weighted by atomic mass is 10.1. The average Bonchev–Trinajstić information content (AvgIpc) is 2.53. The molecule has 0 aliphatic rings. The summed E-state index contributed by atoms with van der Waals surface area (Å²) in [6.45, 7) is 0. The van der Waals surface area contributed by atoms with Gasteiger partial charge in [-0.25, -0.2) is 9.97 Å². The quantitative estimate of drug-likeness (QED) is 0.747. The van der Waals surface area contributed by atoms with E-state index in [1.54, 1.807) is 20.4 Å². The van der Waals surface area contributed by atoms with E-state index in [0.717, 1.165) is 16.5 Å². The third kappa shape index (κ3) is 2.45. The maximum absolute atomic E-state index is 5.80. The van der Waals surface area contributed by atoms with Gasteiger partial charge in [0.25, 0.3) is 0 Å². The van der Waals surface area contributed by atoms with Gasteiger partial charge in [0.15, 0.2) is 17.3 Å². The fourth-order valence-electron chi connectivity index (χ4n) is 2.17. The molecule has 5 heteroatoms. The van der Waals surface area contributed by atoms with Crippen molar-refractivity contribution in [3.63, 3.8) is 0 Å². The Hall–Kier alpha value is -2.82. The second-order valence-electron chi connectivity index (χ2n) is 4.59. The van der Waals surface area contributed by atoms with E-state index in [9.17, 15) is 0 Å². The highest BCUT2D eigenvalue weighted by Gasteiger charge is 2.09. The number of methoxy groups -OCH3 is 2. The summed E-state index contributed by atoms with van der Waals surface area (Å²) in [6, 6.07) is 11.2. The van der Waals surface area contributed by atoms with E-state index in [2.05, 4.69) is 9.97 Å². The van der Waals surface area contributed by atoms with Gasteiger partial charge in [-0.2, -0.15) is 0 Å². The lowest BCUT2D eigenvalue weighted by molar-refractivity contribution is 0.356. The van der Waals surface area contributed by atoms with Crippen molar-refractivity contribution in [2.24, 2.45) is 0 Å². The van der Waals surface area contributed by atoms with Crippen molar-refractivity contribution in [1.29, 1.82) is 0 Å². The maximum Gasteiger partial charge on any atom is 0.162 e. The van der Waals surface area contributed by atoms with Gasteiger partial charge in [0.1, 0.15) is 0 Å². The Labute approximate surface area is 122 Å². The summed E-state index contributed by atoms with van der Waals surface area (Å²) >= 11 is 0. The zero-order valence-electron chi connectivity index (χ0n) is 11.8. The van der Waals surface area contributed by atoms with Crippen molar-refractivity contribution in [3.05, 3.63) is 42.6 Å². The van der Waals surface area contributed by atoms with Crippen molar-refractivity contribution in [2.45, 2.75) is 0 Å². The first-order valence-electron chi connectivity index (χ1n) is 6.46.